The number of rotatable bonds is 7. The Morgan fingerprint density at radius 3 is 2.47 bits per heavy atom. The molecule has 19 heavy (non-hydrogen) atoms. The minimum atomic E-state index is -3.11. The van der Waals surface area contributed by atoms with Crippen molar-refractivity contribution >= 4 is 15.8 Å². The maximum absolute atomic E-state index is 11.5. The first-order valence-corrected chi connectivity index (χ1v) is 8.15. The minimum absolute atomic E-state index is 0.0592. The van der Waals surface area contributed by atoms with Gasteiger partial charge in [0.25, 0.3) is 0 Å². The third-order valence-electron chi connectivity index (χ3n) is 3.29. The van der Waals surface area contributed by atoms with Gasteiger partial charge in [0, 0.05) is 5.75 Å². The fourth-order valence-corrected chi connectivity index (χ4v) is 2.82. The Hall–Kier alpha value is -1.36. The van der Waals surface area contributed by atoms with Crippen molar-refractivity contribution in [2.45, 2.75) is 26.7 Å². The molecule has 0 aliphatic heterocycles. The maximum atomic E-state index is 11.5. The minimum Gasteiger partial charge on any atom is -0.481 e. The Kier molecular flexibility index (Phi) is 5.54. The molecule has 5 heteroatoms. The van der Waals surface area contributed by atoms with Crippen molar-refractivity contribution in [3.05, 3.63) is 35.4 Å². The number of carboxylic acids is 1. The molecule has 0 aliphatic rings. The normalized spacial score (nSPS) is 13.2. The SMILES string of the molecule is CCS(=O)(=O)CCC(Cc1ccccc1C)C(=O)O. The molecule has 0 amide bonds. The molecule has 1 aromatic rings. The highest BCUT2D eigenvalue weighted by Gasteiger charge is 2.21. The van der Waals surface area contributed by atoms with Crippen molar-refractivity contribution in [1.29, 1.82) is 0 Å². The van der Waals surface area contributed by atoms with E-state index in [-0.39, 0.29) is 17.9 Å². The fourth-order valence-electron chi connectivity index (χ4n) is 1.88. The van der Waals surface area contributed by atoms with Crippen molar-refractivity contribution < 1.29 is 18.3 Å². The highest BCUT2D eigenvalue weighted by atomic mass is 32.2. The average molecular weight is 284 g/mol. The molecular formula is C14H20O4S. The van der Waals surface area contributed by atoms with Gasteiger partial charge in [-0.1, -0.05) is 31.2 Å². The Labute approximate surface area is 114 Å². The van der Waals surface area contributed by atoms with Gasteiger partial charge in [-0.05, 0) is 30.9 Å². The van der Waals surface area contributed by atoms with Crippen LogP contribution in [0.15, 0.2) is 24.3 Å². The summed E-state index contributed by atoms with van der Waals surface area (Å²) in [5.41, 5.74) is 2.00. The van der Waals surface area contributed by atoms with E-state index in [1.165, 1.54) is 0 Å². The fraction of sp³-hybridized carbons (Fsp3) is 0.500. The van der Waals surface area contributed by atoms with Gasteiger partial charge < -0.3 is 5.11 Å². The number of carbonyl (C=O) groups is 1. The summed E-state index contributed by atoms with van der Waals surface area (Å²) >= 11 is 0. The van der Waals surface area contributed by atoms with Crippen LogP contribution in [0.1, 0.15) is 24.5 Å². The lowest BCUT2D eigenvalue weighted by atomic mass is 9.94. The van der Waals surface area contributed by atoms with Gasteiger partial charge in [-0.2, -0.15) is 0 Å². The Balaban J connectivity index is 2.75. The molecule has 0 heterocycles. The molecule has 106 valence electrons. The number of aryl methyl sites for hydroxylation is 1. The van der Waals surface area contributed by atoms with Crippen LogP contribution < -0.4 is 0 Å². The topological polar surface area (TPSA) is 71.4 Å². The van der Waals surface area contributed by atoms with Crippen LogP contribution in [0.4, 0.5) is 0 Å². The number of sulfone groups is 1. The van der Waals surface area contributed by atoms with Crippen molar-refractivity contribution in [3.63, 3.8) is 0 Å². The van der Waals surface area contributed by atoms with E-state index >= 15 is 0 Å². The van der Waals surface area contributed by atoms with E-state index in [1.54, 1.807) is 6.92 Å². The van der Waals surface area contributed by atoms with Gasteiger partial charge in [0.15, 0.2) is 0 Å². The lowest BCUT2D eigenvalue weighted by Gasteiger charge is -2.13. The van der Waals surface area contributed by atoms with Gasteiger partial charge in [-0.15, -0.1) is 0 Å². The van der Waals surface area contributed by atoms with Crippen LogP contribution in [0.25, 0.3) is 0 Å². The standard InChI is InChI=1S/C14H20O4S/c1-3-19(17,18)9-8-13(14(15)16)10-12-7-5-4-6-11(12)2/h4-7,13H,3,8-10H2,1-2H3,(H,15,16). The van der Waals surface area contributed by atoms with Crippen LogP contribution in [0.5, 0.6) is 0 Å². The van der Waals surface area contributed by atoms with E-state index in [2.05, 4.69) is 0 Å². The molecule has 0 saturated heterocycles. The summed E-state index contributed by atoms with van der Waals surface area (Å²) in [5.74, 6) is -1.59. The summed E-state index contributed by atoms with van der Waals surface area (Å²) in [5, 5.41) is 9.20. The van der Waals surface area contributed by atoms with Gasteiger partial charge in [-0.3, -0.25) is 4.79 Å². The second kappa shape index (κ2) is 6.70. The van der Waals surface area contributed by atoms with Crippen LogP contribution in [0, 0.1) is 12.8 Å². The highest BCUT2D eigenvalue weighted by Crippen LogP contribution is 2.17. The van der Waals surface area contributed by atoms with E-state index in [0.29, 0.717) is 6.42 Å². The molecule has 1 N–H and O–H groups in total. The third-order valence-corrected chi connectivity index (χ3v) is 5.03. The Bertz CT molecular complexity index is 534. The summed E-state index contributed by atoms with van der Waals surface area (Å²) in [6.07, 6.45) is 0.543. The van der Waals surface area contributed by atoms with Crippen LogP contribution in [0.2, 0.25) is 0 Å². The van der Waals surface area contributed by atoms with E-state index < -0.39 is 21.7 Å². The summed E-state index contributed by atoms with van der Waals surface area (Å²) in [7, 11) is -3.11. The van der Waals surface area contributed by atoms with Crippen LogP contribution in [0.3, 0.4) is 0 Å². The lowest BCUT2D eigenvalue weighted by Crippen LogP contribution is -2.21. The molecule has 0 fully saturated rings. The van der Waals surface area contributed by atoms with Gasteiger partial charge in [0.05, 0.1) is 11.7 Å². The monoisotopic (exact) mass is 284 g/mol. The predicted molar refractivity (Wildman–Crippen MR) is 75.0 cm³/mol. The number of hydrogen-bond acceptors (Lipinski definition) is 3. The second-order valence-electron chi connectivity index (χ2n) is 4.69. The molecule has 1 atom stereocenters. The zero-order valence-electron chi connectivity index (χ0n) is 11.3. The third kappa shape index (κ3) is 5.03. The number of hydrogen-bond donors (Lipinski definition) is 1. The quantitative estimate of drug-likeness (QED) is 0.832. The molecule has 0 bridgehead atoms. The molecule has 0 aromatic heterocycles. The van der Waals surface area contributed by atoms with E-state index in [9.17, 15) is 18.3 Å². The average Bonchev–Trinajstić information content (AvgIpc) is 2.36. The van der Waals surface area contributed by atoms with Gasteiger partial charge in [0.2, 0.25) is 0 Å². The molecular weight excluding hydrogens is 264 g/mol. The summed E-state index contributed by atoms with van der Waals surface area (Å²) < 4.78 is 22.9. The number of carboxylic acid groups (broad SMARTS) is 1. The molecule has 4 nitrogen and oxygen atoms in total. The Morgan fingerprint density at radius 1 is 1.32 bits per heavy atom. The van der Waals surface area contributed by atoms with Crippen LogP contribution in [-0.4, -0.2) is 31.0 Å². The van der Waals surface area contributed by atoms with E-state index in [4.69, 9.17) is 0 Å². The second-order valence-corrected chi connectivity index (χ2v) is 7.16. The zero-order valence-corrected chi connectivity index (χ0v) is 12.1. The van der Waals surface area contributed by atoms with Crippen molar-refractivity contribution in [3.8, 4) is 0 Å². The summed E-state index contributed by atoms with van der Waals surface area (Å²) in [6.45, 7) is 3.50. The molecule has 0 radical (unpaired) electrons. The highest BCUT2D eigenvalue weighted by molar-refractivity contribution is 7.91. The molecule has 1 unspecified atom stereocenters. The van der Waals surface area contributed by atoms with Gasteiger partial charge >= 0.3 is 5.97 Å². The maximum Gasteiger partial charge on any atom is 0.306 e. The predicted octanol–water partition coefficient (Wildman–Crippen LogP) is 2.06. The first kappa shape index (κ1) is 15.7. The lowest BCUT2D eigenvalue weighted by molar-refractivity contribution is -0.141. The Morgan fingerprint density at radius 2 is 1.95 bits per heavy atom. The molecule has 1 aromatic carbocycles. The molecule has 0 aliphatic carbocycles. The number of benzene rings is 1. The van der Waals surface area contributed by atoms with Crippen molar-refractivity contribution in [2.24, 2.45) is 5.92 Å². The summed E-state index contributed by atoms with van der Waals surface area (Å²) in [6, 6.07) is 7.58. The molecule has 1 rings (SSSR count). The van der Waals surface area contributed by atoms with E-state index in [0.717, 1.165) is 11.1 Å². The number of aliphatic carboxylic acids is 1. The van der Waals surface area contributed by atoms with Gasteiger partial charge in [0.1, 0.15) is 9.84 Å². The first-order chi connectivity index (χ1) is 8.85. The molecule has 0 spiro atoms. The van der Waals surface area contributed by atoms with Crippen molar-refractivity contribution in [1.82, 2.24) is 0 Å². The first-order valence-electron chi connectivity index (χ1n) is 6.33. The van der Waals surface area contributed by atoms with E-state index in [1.807, 2.05) is 31.2 Å². The summed E-state index contributed by atoms with van der Waals surface area (Å²) in [4.78, 5) is 11.2. The van der Waals surface area contributed by atoms with Crippen LogP contribution >= 0.6 is 0 Å². The van der Waals surface area contributed by atoms with Crippen molar-refractivity contribution in [2.75, 3.05) is 11.5 Å². The molecule has 0 saturated carbocycles. The smallest absolute Gasteiger partial charge is 0.306 e. The van der Waals surface area contributed by atoms with Gasteiger partial charge in [-0.25, -0.2) is 8.42 Å². The largest absolute Gasteiger partial charge is 0.481 e. The zero-order chi connectivity index (χ0) is 14.5. The van der Waals surface area contributed by atoms with Crippen LogP contribution in [-0.2, 0) is 21.1 Å².